The number of aliphatic hydroxyl groups excluding tert-OH is 1. The van der Waals surface area contributed by atoms with Crippen LogP contribution in [0.15, 0.2) is 42.5 Å². The van der Waals surface area contributed by atoms with Gasteiger partial charge in [0.1, 0.15) is 5.75 Å². The highest BCUT2D eigenvalue weighted by Gasteiger charge is 2.12. The normalized spacial score (nSPS) is 12.0. The maximum atomic E-state index is 10.7. The SMILES string of the molecule is CC[C@H](O)c1ccc(Oc2cc([N+](=O)[O-])ccc2Cl)cc1. The largest absolute Gasteiger partial charge is 0.456 e. The Bertz CT molecular complexity index is 643. The molecule has 0 aliphatic carbocycles. The van der Waals surface area contributed by atoms with E-state index in [0.717, 1.165) is 5.56 Å². The van der Waals surface area contributed by atoms with E-state index in [1.807, 2.05) is 6.92 Å². The lowest BCUT2D eigenvalue weighted by Gasteiger charge is -2.10. The van der Waals surface area contributed by atoms with Gasteiger partial charge in [-0.25, -0.2) is 0 Å². The Hall–Kier alpha value is -2.11. The summed E-state index contributed by atoms with van der Waals surface area (Å²) in [5.41, 5.74) is 0.697. The van der Waals surface area contributed by atoms with E-state index in [2.05, 4.69) is 0 Å². The second-order valence-electron chi connectivity index (χ2n) is 4.47. The van der Waals surface area contributed by atoms with Gasteiger partial charge in [0.2, 0.25) is 0 Å². The van der Waals surface area contributed by atoms with Gasteiger partial charge in [-0.15, -0.1) is 0 Å². The van der Waals surface area contributed by atoms with Crippen molar-refractivity contribution >= 4 is 17.3 Å². The number of halogens is 1. The average Bonchev–Trinajstić information content (AvgIpc) is 2.49. The van der Waals surface area contributed by atoms with Crippen LogP contribution in [-0.2, 0) is 0 Å². The van der Waals surface area contributed by atoms with E-state index in [1.165, 1.54) is 18.2 Å². The van der Waals surface area contributed by atoms with Gasteiger partial charge >= 0.3 is 0 Å². The summed E-state index contributed by atoms with van der Waals surface area (Å²) in [7, 11) is 0. The zero-order valence-electron chi connectivity index (χ0n) is 11.3. The molecule has 2 aromatic carbocycles. The molecule has 0 saturated carbocycles. The van der Waals surface area contributed by atoms with E-state index in [1.54, 1.807) is 24.3 Å². The summed E-state index contributed by atoms with van der Waals surface area (Å²) in [4.78, 5) is 10.2. The first kappa shape index (κ1) is 15.3. The highest BCUT2D eigenvalue weighted by molar-refractivity contribution is 6.32. The number of nitro groups is 1. The zero-order chi connectivity index (χ0) is 15.4. The van der Waals surface area contributed by atoms with Gasteiger partial charge in [0.15, 0.2) is 5.75 Å². The summed E-state index contributed by atoms with van der Waals surface area (Å²) in [5.74, 6) is 0.708. The molecule has 21 heavy (non-hydrogen) atoms. The third-order valence-electron chi connectivity index (χ3n) is 3.00. The monoisotopic (exact) mass is 307 g/mol. The van der Waals surface area contributed by atoms with Crippen molar-refractivity contribution in [1.29, 1.82) is 0 Å². The number of nitrogens with zero attached hydrogens (tertiary/aromatic N) is 1. The number of hydrogen-bond acceptors (Lipinski definition) is 4. The molecule has 0 aliphatic heterocycles. The fraction of sp³-hybridized carbons (Fsp3) is 0.200. The average molecular weight is 308 g/mol. The molecule has 1 atom stereocenters. The molecule has 0 unspecified atom stereocenters. The van der Waals surface area contributed by atoms with Crippen molar-refractivity contribution in [2.24, 2.45) is 0 Å². The minimum absolute atomic E-state index is 0.0903. The van der Waals surface area contributed by atoms with Crippen molar-refractivity contribution in [3.8, 4) is 11.5 Å². The lowest BCUT2D eigenvalue weighted by atomic mass is 10.1. The smallest absolute Gasteiger partial charge is 0.273 e. The summed E-state index contributed by atoms with van der Waals surface area (Å²) in [6.07, 6.45) is 0.108. The van der Waals surface area contributed by atoms with Crippen LogP contribution in [0.5, 0.6) is 11.5 Å². The Morgan fingerprint density at radius 2 is 1.95 bits per heavy atom. The van der Waals surface area contributed by atoms with Crippen molar-refractivity contribution < 1.29 is 14.8 Å². The molecule has 2 aromatic rings. The second-order valence-corrected chi connectivity index (χ2v) is 4.87. The van der Waals surface area contributed by atoms with Crippen molar-refractivity contribution in [2.75, 3.05) is 0 Å². The Balaban J connectivity index is 2.22. The molecule has 0 aliphatic rings. The predicted molar refractivity (Wildman–Crippen MR) is 79.9 cm³/mol. The van der Waals surface area contributed by atoms with Crippen LogP contribution in [0, 0.1) is 10.1 Å². The molecule has 6 heteroatoms. The van der Waals surface area contributed by atoms with Gasteiger partial charge < -0.3 is 9.84 Å². The Kier molecular flexibility index (Phi) is 4.77. The summed E-state index contributed by atoms with van der Waals surface area (Å²) in [6.45, 7) is 1.89. The quantitative estimate of drug-likeness (QED) is 0.652. The van der Waals surface area contributed by atoms with Crippen LogP contribution in [0.25, 0.3) is 0 Å². The van der Waals surface area contributed by atoms with Gasteiger partial charge in [0, 0.05) is 6.07 Å². The fourth-order valence-corrected chi connectivity index (χ4v) is 1.96. The first-order chi connectivity index (χ1) is 10.0. The second kappa shape index (κ2) is 6.56. The van der Waals surface area contributed by atoms with E-state index >= 15 is 0 Å². The molecule has 0 heterocycles. The summed E-state index contributed by atoms with van der Waals surface area (Å²) < 4.78 is 5.55. The van der Waals surface area contributed by atoms with Crippen LogP contribution in [0.3, 0.4) is 0 Å². The molecular weight excluding hydrogens is 294 g/mol. The summed E-state index contributed by atoms with van der Waals surface area (Å²) >= 11 is 5.97. The molecule has 110 valence electrons. The van der Waals surface area contributed by atoms with Crippen molar-refractivity contribution in [1.82, 2.24) is 0 Å². The topological polar surface area (TPSA) is 72.6 Å². The Morgan fingerprint density at radius 3 is 2.52 bits per heavy atom. The molecule has 0 amide bonds. The van der Waals surface area contributed by atoms with Crippen molar-refractivity contribution in [3.63, 3.8) is 0 Å². The van der Waals surface area contributed by atoms with Gasteiger partial charge in [0.25, 0.3) is 5.69 Å². The molecule has 0 aromatic heterocycles. The zero-order valence-corrected chi connectivity index (χ0v) is 12.1. The molecule has 0 spiro atoms. The first-order valence-electron chi connectivity index (χ1n) is 6.41. The molecular formula is C15H14ClNO4. The van der Waals surface area contributed by atoms with E-state index in [-0.39, 0.29) is 11.4 Å². The highest BCUT2D eigenvalue weighted by atomic mass is 35.5. The third kappa shape index (κ3) is 3.71. The number of aliphatic hydroxyl groups is 1. The molecule has 2 rings (SSSR count). The number of hydrogen-bond donors (Lipinski definition) is 1. The van der Waals surface area contributed by atoms with Crippen LogP contribution in [0.1, 0.15) is 25.0 Å². The molecule has 0 saturated heterocycles. The lowest BCUT2D eigenvalue weighted by molar-refractivity contribution is -0.384. The van der Waals surface area contributed by atoms with E-state index in [9.17, 15) is 15.2 Å². The van der Waals surface area contributed by atoms with E-state index in [0.29, 0.717) is 17.2 Å². The van der Waals surface area contributed by atoms with Crippen LogP contribution in [0.2, 0.25) is 5.02 Å². The number of benzene rings is 2. The molecule has 0 radical (unpaired) electrons. The summed E-state index contributed by atoms with van der Waals surface area (Å²) in [6, 6.07) is 10.9. The van der Waals surface area contributed by atoms with Gasteiger partial charge in [0.05, 0.1) is 22.1 Å². The van der Waals surface area contributed by atoms with Crippen LogP contribution < -0.4 is 4.74 Å². The summed E-state index contributed by atoms with van der Waals surface area (Å²) in [5, 5.41) is 20.8. The van der Waals surface area contributed by atoms with Crippen LogP contribution in [-0.4, -0.2) is 10.0 Å². The van der Waals surface area contributed by atoms with Crippen LogP contribution in [0.4, 0.5) is 5.69 Å². The Labute approximate surface area is 126 Å². The molecule has 1 N–H and O–H groups in total. The molecule has 0 bridgehead atoms. The first-order valence-corrected chi connectivity index (χ1v) is 6.79. The van der Waals surface area contributed by atoms with Gasteiger partial charge in [-0.1, -0.05) is 30.7 Å². The Morgan fingerprint density at radius 1 is 1.29 bits per heavy atom. The fourth-order valence-electron chi connectivity index (χ4n) is 1.80. The maximum absolute atomic E-state index is 10.7. The van der Waals surface area contributed by atoms with Crippen molar-refractivity contribution in [2.45, 2.75) is 19.4 Å². The lowest BCUT2D eigenvalue weighted by Crippen LogP contribution is -1.95. The van der Waals surface area contributed by atoms with Gasteiger partial charge in [-0.3, -0.25) is 10.1 Å². The molecule has 0 fully saturated rings. The minimum Gasteiger partial charge on any atom is -0.456 e. The number of ether oxygens (including phenoxy) is 1. The molecule has 5 nitrogen and oxygen atoms in total. The number of non-ortho nitro benzene ring substituents is 1. The minimum atomic E-state index is -0.513. The van der Waals surface area contributed by atoms with Gasteiger partial charge in [-0.2, -0.15) is 0 Å². The number of nitro benzene ring substituents is 1. The van der Waals surface area contributed by atoms with E-state index < -0.39 is 11.0 Å². The number of rotatable bonds is 5. The van der Waals surface area contributed by atoms with Gasteiger partial charge in [-0.05, 0) is 30.2 Å². The van der Waals surface area contributed by atoms with E-state index in [4.69, 9.17) is 16.3 Å². The highest BCUT2D eigenvalue weighted by Crippen LogP contribution is 2.33. The van der Waals surface area contributed by atoms with Crippen LogP contribution >= 0.6 is 11.6 Å². The maximum Gasteiger partial charge on any atom is 0.273 e. The van der Waals surface area contributed by atoms with Crippen molar-refractivity contribution in [3.05, 3.63) is 63.2 Å². The predicted octanol–water partition coefficient (Wildman–Crippen LogP) is 4.48. The third-order valence-corrected chi connectivity index (χ3v) is 3.32. The standard InChI is InChI=1S/C15H14ClNO4/c1-2-14(18)10-3-6-12(7-4-10)21-15-9-11(17(19)20)5-8-13(15)16/h3-9,14,18H,2H2,1H3/t14-/m0/s1.